The normalized spacial score (nSPS) is 17.3. The molecule has 2 rings (SSSR count). The summed E-state index contributed by atoms with van der Waals surface area (Å²) >= 11 is 0. The van der Waals surface area contributed by atoms with E-state index in [0.717, 1.165) is 0 Å². The lowest BCUT2D eigenvalue weighted by molar-refractivity contribution is -0.136. The van der Waals surface area contributed by atoms with Gasteiger partial charge in [-0.25, -0.2) is 4.79 Å². The number of aliphatic hydroxyl groups is 1. The molecule has 21 heavy (non-hydrogen) atoms. The van der Waals surface area contributed by atoms with E-state index in [9.17, 15) is 14.7 Å². The van der Waals surface area contributed by atoms with Gasteiger partial charge in [0.15, 0.2) is 0 Å². The summed E-state index contributed by atoms with van der Waals surface area (Å²) in [4.78, 5) is 24.7. The number of aliphatic carboxylic acids is 1. The molecule has 0 bridgehead atoms. The largest absolute Gasteiger partial charge is 0.481 e. The Bertz CT molecular complexity index is 532. The van der Waals surface area contributed by atoms with Gasteiger partial charge in [-0.3, -0.25) is 4.79 Å². The van der Waals surface area contributed by atoms with Crippen molar-refractivity contribution >= 4 is 17.7 Å². The number of carboxylic acids is 1. The molecule has 6 heteroatoms. The Morgan fingerprint density at radius 2 is 1.90 bits per heavy atom. The highest BCUT2D eigenvalue weighted by molar-refractivity contribution is 5.91. The molecule has 0 unspecified atom stereocenters. The van der Waals surface area contributed by atoms with Crippen LogP contribution in [-0.2, 0) is 11.2 Å². The maximum atomic E-state index is 12.2. The summed E-state index contributed by atoms with van der Waals surface area (Å²) in [6.07, 6.45) is 0.944. The lowest BCUT2D eigenvalue weighted by Gasteiger charge is -2.35. The van der Waals surface area contributed by atoms with Gasteiger partial charge >= 0.3 is 12.0 Å². The van der Waals surface area contributed by atoms with Crippen LogP contribution in [0.2, 0.25) is 0 Å². The van der Waals surface area contributed by atoms with Crippen LogP contribution in [0.25, 0.3) is 0 Å². The monoisotopic (exact) mass is 292 g/mol. The number of carboxylic acid groups (broad SMARTS) is 1. The van der Waals surface area contributed by atoms with Gasteiger partial charge in [-0.2, -0.15) is 0 Å². The van der Waals surface area contributed by atoms with Crippen LogP contribution in [0.15, 0.2) is 24.3 Å². The minimum Gasteiger partial charge on any atom is -0.481 e. The summed E-state index contributed by atoms with van der Waals surface area (Å²) in [5.41, 5.74) is 0.377. The maximum absolute atomic E-state index is 12.2. The number of nitrogens with zero attached hydrogens (tertiary/aromatic N) is 1. The highest BCUT2D eigenvalue weighted by atomic mass is 16.4. The molecule has 1 aliphatic rings. The summed E-state index contributed by atoms with van der Waals surface area (Å²) in [5, 5.41) is 21.5. The number of carbonyl (C=O) groups is 2. The van der Waals surface area contributed by atoms with Crippen LogP contribution in [0, 0.1) is 0 Å². The number of urea groups is 1. The van der Waals surface area contributed by atoms with Gasteiger partial charge in [-0.1, -0.05) is 18.2 Å². The molecular weight excluding hydrogens is 272 g/mol. The lowest BCUT2D eigenvalue weighted by atomic mass is 9.94. The van der Waals surface area contributed by atoms with Crippen LogP contribution in [0.3, 0.4) is 0 Å². The van der Waals surface area contributed by atoms with E-state index >= 15 is 0 Å². The van der Waals surface area contributed by atoms with E-state index in [1.54, 1.807) is 36.1 Å². The molecule has 6 nitrogen and oxygen atoms in total. The number of anilines is 1. The number of amides is 2. The van der Waals surface area contributed by atoms with Crippen LogP contribution in [-0.4, -0.2) is 45.8 Å². The average molecular weight is 292 g/mol. The van der Waals surface area contributed by atoms with Gasteiger partial charge in [0.05, 0.1) is 12.0 Å². The van der Waals surface area contributed by atoms with Gasteiger partial charge in [-0.05, 0) is 31.4 Å². The number of carbonyl (C=O) groups excluding carboxylic acids is 1. The number of para-hydroxylation sites is 1. The van der Waals surface area contributed by atoms with Crippen LogP contribution in [0.1, 0.15) is 25.3 Å². The number of hydrogen-bond acceptors (Lipinski definition) is 3. The second kappa shape index (κ2) is 6.13. The van der Waals surface area contributed by atoms with Crippen molar-refractivity contribution in [1.82, 2.24) is 4.90 Å². The van der Waals surface area contributed by atoms with Crippen molar-refractivity contribution in [2.75, 3.05) is 18.4 Å². The van der Waals surface area contributed by atoms with E-state index in [2.05, 4.69) is 5.32 Å². The smallest absolute Gasteiger partial charge is 0.321 e. The van der Waals surface area contributed by atoms with Gasteiger partial charge in [0.2, 0.25) is 0 Å². The van der Waals surface area contributed by atoms with Crippen LogP contribution < -0.4 is 5.32 Å². The predicted octanol–water partition coefficient (Wildman–Crippen LogP) is 1.69. The van der Waals surface area contributed by atoms with E-state index in [1.165, 1.54) is 0 Å². The van der Waals surface area contributed by atoms with Crippen molar-refractivity contribution in [3.05, 3.63) is 29.8 Å². The fourth-order valence-electron chi connectivity index (χ4n) is 2.35. The predicted molar refractivity (Wildman–Crippen MR) is 78.2 cm³/mol. The summed E-state index contributed by atoms with van der Waals surface area (Å²) in [6, 6.07) is 6.61. The third-order valence-electron chi connectivity index (χ3n) is 3.73. The summed E-state index contributed by atoms with van der Waals surface area (Å²) < 4.78 is 0. The van der Waals surface area contributed by atoms with Gasteiger partial charge in [0.1, 0.15) is 0 Å². The topological polar surface area (TPSA) is 89.9 Å². The minimum absolute atomic E-state index is 0.134. The van der Waals surface area contributed by atoms with Crippen LogP contribution >= 0.6 is 0 Å². The molecule has 0 spiro atoms. The number of hydrogen-bond donors (Lipinski definition) is 3. The Labute approximate surface area is 123 Å². The zero-order chi connectivity index (χ0) is 15.5. The Hall–Kier alpha value is -2.08. The molecule has 0 aliphatic carbocycles. The molecular formula is C15H20N2O4. The Balaban J connectivity index is 2.02. The molecule has 0 atom stereocenters. The molecule has 0 aromatic heterocycles. The van der Waals surface area contributed by atoms with Gasteiger partial charge in [0, 0.05) is 18.8 Å². The number of piperidine rings is 1. The summed E-state index contributed by atoms with van der Waals surface area (Å²) in [6.45, 7) is 2.74. The minimum atomic E-state index is -0.939. The molecule has 0 radical (unpaired) electrons. The standard InChI is InChI=1S/C15H20N2O4/c1-15(21)6-8-17(9-7-15)14(20)16-12-5-3-2-4-11(12)10-13(18)19/h2-5,21H,6-10H2,1H3,(H,16,20)(H,18,19). The quantitative estimate of drug-likeness (QED) is 0.791. The fourth-order valence-corrected chi connectivity index (χ4v) is 2.35. The van der Waals surface area contributed by atoms with Crippen LogP contribution in [0.4, 0.5) is 10.5 Å². The first kappa shape index (κ1) is 15.3. The van der Waals surface area contributed by atoms with Gasteiger partial charge < -0.3 is 20.4 Å². The first-order chi connectivity index (χ1) is 9.87. The maximum Gasteiger partial charge on any atom is 0.321 e. The highest BCUT2D eigenvalue weighted by Gasteiger charge is 2.29. The third-order valence-corrected chi connectivity index (χ3v) is 3.73. The van der Waals surface area contributed by atoms with Crippen LogP contribution in [0.5, 0.6) is 0 Å². The van der Waals surface area contributed by atoms with E-state index in [-0.39, 0.29) is 12.5 Å². The number of nitrogens with one attached hydrogen (secondary N) is 1. The zero-order valence-corrected chi connectivity index (χ0v) is 12.0. The molecule has 1 aromatic rings. The molecule has 2 amide bonds. The van der Waals surface area contributed by atoms with E-state index in [0.29, 0.717) is 37.2 Å². The molecule has 1 aliphatic heterocycles. The SMILES string of the molecule is CC1(O)CCN(C(=O)Nc2ccccc2CC(=O)O)CC1. The van der Waals surface area contributed by atoms with Crippen molar-refractivity contribution in [2.45, 2.75) is 31.8 Å². The molecule has 114 valence electrons. The number of likely N-dealkylation sites (tertiary alicyclic amines) is 1. The first-order valence-electron chi connectivity index (χ1n) is 6.95. The van der Waals surface area contributed by atoms with E-state index < -0.39 is 11.6 Å². The summed E-state index contributed by atoms with van der Waals surface area (Å²) in [5.74, 6) is -0.939. The fraction of sp³-hybridized carbons (Fsp3) is 0.467. The lowest BCUT2D eigenvalue weighted by Crippen LogP contribution is -2.46. The molecule has 1 heterocycles. The van der Waals surface area contributed by atoms with Crippen molar-refractivity contribution in [3.8, 4) is 0 Å². The van der Waals surface area contributed by atoms with Crippen molar-refractivity contribution in [1.29, 1.82) is 0 Å². The van der Waals surface area contributed by atoms with Crippen molar-refractivity contribution in [3.63, 3.8) is 0 Å². The number of rotatable bonds is 3. The molecule has 3 N–H and O–H groups in total. The first-order valence-corrected chi connectivity index (χ1v) is 6.95. The van der Waals surface area contributed by atoms with Gasteiger partial charge in [0.25, 0.3) is 0 Å². The summed E-state index contributed by atoms with van der Waals surface area (Å²) in [7, 11) is 0. The second-order valence-corrected chi connectivity index (χ2v) is 5.64. The Kier molecular flexibility index (Phi) is 4.47. The highest BCUT2D eigenvalue weighted by Crippen LogP contribution is 2.22. The Morgan fingerprint density at radius 1 is 1.29 bits per heavy atom. The zero-order valence-electron chi connectivity index (χ0n) is 12.0. The number of benzene rings is 1. The van der Waals surface area contributed by atoms with Crippen molar-refractivity contribution < 1.29 is 19.8 Å². The second-order valence-electron chi connectivity index (χ2n) is 5.64. The average Bonchev–Trinajstić information content (AvgIpc) is 2.40. The van der Waals surface area contributed by atoms with Gasteiger partial charge in [-0.15, -0.1) is 0 Å². The molecule has 0 saturated carbocycles. The van der Waals surface area contributed by atoms with Crippen molar-refractivity contribution in [2.24, 2.45) is 0 Å². The molecule has 1 saturated heterocycles. The van der Waals surface area contributed by atoms with E-state index in [4.69, 9.17) is 5.11 Å². The third kappa shape index (κ3) is 4.19. The van der Waals surface area contributed by atoms with E-state index in [1.807, 2.05) is 0 Å². The molecule has 1 fully saturated rings. The Morgan fingerprint density at radius 3 is 2.52 bits per heavy atom. The molecule has 1 aromatic carbocycles.